The molecule has 3 fully saturated rings. The number of benzene rings is 1. The van der Waals surface area contributed by atoms with E-state index in [4.69, 9.17) is 4.74 Å². The first-order valence-corrected chi connectivity index (χ1v) is 7.41. The third kappa shape index (κ3) is 1.23. The Morgan fingerprint density at radius 1 is 1.12 bits per heavy atom. The quantitative estimate of drug-likeness (QED) is 0.446. The van der Waals surface area contributed by atoms with E-state index in [1.807, 2.05) is 6.07 Å². The smallest absolute Gasteiger partial charge is 0.310 e. The lowest BCUT2D eigenvalue weighted by molar-refractivity contribution is -0.143. The third-order valence-electron chi connectivity index (χ3n) is 4.71. The van der Waals surface area contributed by atoms with Gasteiger partial charge in [-0.05, 0) is 17.9 Å². The number of rotatable bonds is 1. The van der Waals surface area contributed by atoms with Gasteiger partial charge in [-0.1, -0.05) is 52.9 Å². The monoisotopic (exact) mass is 340 g/mol. The van der Waals surface area contributed by atoms with Crippen LogP contribution in [0.1, 0.15) is 17.9 Å². The second-order valence-electron chi connectivity index (χ2n) is 5.37. The summed E-state index contributed by atoms with van der Waals surface area (Å²) in [5.41, 5.74) is 1.32. The van der Waals surface area contributed by atoms with Crippen LogP contribution in [0.2, 0.25) is 0 Å². The van der Waals surface area contributed by atoms with Gasteiger partial charge in [0.05, 0.1) is 9.84 Å². The van der Waals surface area contributed by atoms with Crippen LogP contribution in [0.15, 0.2) is 30.3 Å². The van der Waals surface area contributed by atoms with Gasteiger partial charge in [-0.15, -0.1) is 0 Å². The summed E-state index contributed by atoms with van der Waals surface area (Å²) in [6.07, 6.45) is 1.38. The minimum Gasteiger partial charge on any atom is -0.461 e. The van der Waals surface area contributed by atoms with Crippen LogP contribution < -0.4 is 0 Å². The molecule has 88 valence electrons. The first-order chi connectivity index (χ1) is 8.27. The minimum absolute atomic E-state index is 0.0514. The summed E-state index contributed by atoms with van der Waals surface area (Å²) in [7, 11) is 0. The predicted molar refractivity (Wildman–Crippen MR) is 72.0 cm³/mol. The number of ether oxygens (including phenoxy) is 1. The van der Waals surface area contributed by atoms with Crippen LogP contribution in [0.25, 0.3) is 0 Å². The van der Waals surface area contributed by atoms with Crippen molar-refractivity contribution in [3.05, 3.63) is 35.9 Å². The highest BCUT2D eigenvalue weighted by molar-refractivity contribution is 14.1. The van der Waals surface area contributed by atoms with Gasteiger partial charge in [-0.2, -0.15) is 0 Å². The maximum atomic E-state index is 12.0. The van der Waals surface area contributed by atoms with Gasteiger partial charge in [-0.25, -0.2) is 0 Å². The number of halogens is 1. The highest BCUT2D eigenvalue weighted by atomic mass is 127. The van der Waals surface area contributed by atoms with Gasteiger partial charge in [0.25, 0.3) is 0 Å². The fourth-order valence-electron chi connectivity index (χ4n) is 4.10. The maximum absolute atomic E-state index is 12.0. The maximum Gasteiger partial charge on any atom is 0.310 e. The van der Waals surface area contributed by atoms with Crippen LogP contribution in [0.5, 0.6) is 0 Å². The molecule has 0 N–H and O–H groups in total. The van der Waals surface area contributed by atoms with Crippen LogP contribution >= 0.6 is 22.6 Å². The average Bonchev–Trinajstić information content (AvgIpc) is 2.94. The van der Waals surface area contributed by atoms with Gasteiger partial charge < -0.3 is 4.74 Å². The molecule has 0 radical (unpaired) electrons. The Hall–Kier alpha value is -0.580. The van der Waals surface area contributed by atoms with Crippen LogP contribution in [0.3, 0.4) is 0 Å². The van der Waals surface area contributed by atoms with Crippen molar-refractivity contribution in [2.75, 3.05) is 0 Å². The van der Waals surface area contributed by atoms with Crippen molar-refractivity contribution in [3.8, 4) is 0 Å². The van der Waals surface area contributed by atoms with E-state index >= 15 is 0 Å². The molecule has 0 aromatic heterocycles. The van der Waals surface area contributed by atoms with Crippen LogP contribution in [0.4, 0.5) is 0 Å². The van der Waals surface area contributed by atoms with E-state index in [2.05, 4.69) is 46.9 Å². The summed E-state index contributed by atoms with van der Waals surface area (Å²) in [6.45, 7) is 0. The van der Waals surface area contributed by atoms with Crippen molar-refractivity contribution in [2.24, 2.45) is 17.8 Å². The van der Waals surface area contributed by atoms with Crippen LogP contribution in [0, 0.1) is 17.8 Å². The van der Waals surface area contributed by atoms with Gasteiger partial charge in [0, 0.05) is 11.8 Å². The molecule has 2 bridgehead atoms. The zero-order valence-corrected chi connectivity index (χ0v) is 11.4. The molecular weight excluding hydrogens is 327 g/mol. The zero-order valence-electron chi connectivity index (χ0n) is 9.25. The van der Waals surface area contributed by atoms with Crippen molar-refractivity contribution in [1.82, 2.24) is 0 Å². The Labute approximate surface area is 114 Å². The molecule has 2 saturated carbocycles. The van der Waals surface area contributed by atoms with Gasteiger partial charge in [-0.3, -0.25) is 4.79 Å². The molecule has 3 aliphatic rings. The summed E-state index contributed by atoms with van der Waals surface area (Å²) in [6, 6.07) is 10.5. The van der Waals surface area contributed by atoms with Gasteiger partial charge in [0.1, 0.15) is 6.10 Å². The highest BCUT2D eigenvalue weighted by Gasteiger charge is 2.65. The number of hydrogen-bond donors (Lipinski definition) is 0. The number of carbonyl (C=O) groups excluding carboxylic acids is 1. The Morgan fingerprint density at radius 3 is 2.65 bits per heavy atom. The summed E-state index contributed by atoms with van der Waals surface area (Å²) in [5, 5.41) is 0. The van der Waals surface area contributed by atoms with Gasteiger partial charge in [0.2, 0.25) is 0 Å². The first kappa shape index (κ1) is 10.4. The van der Waals surface area contributed by atoms with Crippen LogP contribution in [-0.4, -0.2) is 16.0 Å². The van der Waals surface area contributed by atoms with E-state index in [0.717, 1.165) is 0 Å². The first-order valence-electron chi connectivity index (χ1n) is 6.17. The van der Waals surface area contributed by atoms with E-state index in [1.165, 1.54) is 12.0 Å². The topological polar surface area (TPSA) is 26.3 Å². The largest absolute Gasteiger partial charge is 0.461 e. The van der Waals surface area contributed by atoms with Gasteiger partial charge in [0.15, 0.2) is 0 Å². The number of hydrogen-bond acceptors (Lipinski definition) is 2. The second-order valence-corrected chi connectivity index (χ2v) is 6.81. The minimum atomic E-state index is 0.0514. The van der Waals surface area contributed by atoms with Crippen molar-refractivity contribution in [3.63, 3.8) is 0 Å². The molecule has 17 heavy (non-hydrogen) atoms. The van der Waals surface area contributed by atoms with Gasteiger partial charge >= 0.3 is 5.97 Å². The molecule has 2 aliphatic carbocycles. The Morgan fingerprint density at radius 2 is 1.88 bits per heavy atom. The van der Waals surface area contributed by atoms with E-state index in [-0.39, 0.29) is 18.0 Å². The number of carbonyl (C=O) groups is 1. The molecule has 1 aromatic rings. The molecule has 0 spiro atoms. The van der Waals surface area contributed by atoms with Crippen molar-refractivity contribution in [1.29, 1.82) is 0 Å². The lowest BCUT2D eigenvalue weighted by Crippen LogP contribution is -2.32. The highest BCUT2D eigenvalue weighted by Crippen LogP contribution is 2.63. The molecule has 4 rings (SSSR count). The molecule has 2 nitrogen and oxygen atoms in total. The second kappa shape index (κ2) is 3.46. The molecule has 6 atom stereocenters. The lowest BCUT2D eigenvalue weighted by Gasteiger charge is -2.28. The fraction of sp³-hybridized carbons (Fsp3) is 0.500. The molecule has 0 unspecified atom stereocenters. The predicted octanol–water partition coefficient (Wildman–Crippen LogP) is 2.77. The average molecular weight is 340 g/mol. The number of fused-ring (bicyclic) bond motifs is 1. The van der Waals surface area contributed by atoms with Crippen molar-refractivity contribution < 1.29 is 9.53 Å². The number of alkyl halides is 1. The van der Waals surface area contributed by atoms with E-state index in [9.17, 15) is 4.79 Å². The molecular formula is C14H13IO2. The lowest BCUT2D eigenvalue weighted by atomic mass is 9.76. The van der Waals surface area contributed by atoms with E-state index < -0.39 is 0 Å². The molecule has 1 heterocycles. The van der Waals surface area contributed by atoms with E-state index in [0.29, 0.717) is 21.7 Å². The Balaban J connectivity index is 1.80. The van der Waals surface area contributed by atoms with Crippen molar-refractivity contribution >= 4 is 28.6 Å². The summed E-state index contributed by atoms with van der Waals surface area (Å²) < 4.78 is 6.06. The summed E-state index contributed by atoms with van der Waals surface area (Å²) >= 11 is 2.49. The van der Waals surface area contributed by atoms with Crippen molar-refractivity contribution in [2.45, 2.75) is 22.4 Å². The standard InChI is InChI=1S/C14H13IO2/c15-12-8-6-9-11(14(16)17-13(9)12)10(8)7-4-2-1-3-5-7/h1-5,8-13H,6H2/t8-,9-,10+,11+,12+,13-/m0/s1. The zero-order chi connectivity index (χ0) is 11.6. The normalized spacial score (nSPS) is 46.3. The van der Waals surface area contributed by atoms with E-state index in [1.54, 1.807) is 0 Å². The molecule has 1 saturated heterocycles. The number of esters is 1. The van der Waals surface area contributed by atoms with Crippen LogP contribution in [-0.2, 0) is 9.53 Å². The fourth-order valence-corrected chi connectivity index (χ4v) is 5.52. The molecule has 0 amide bonds. The third-order valence-corrected chi connectivity index (χ3v) is 6.34. The SMILES string of the molecule is O=C1O[C@@H]2[C@H](I)[C@H]3C[C@H]2[C@@H]1[C@@H]3c1ccccc1. The molecule has 3 heteroatoms. The summed E-state index contributed by atoms with van der Waals surface area (Å²) in [5.74, 6) is 1.70. The summed E-state index contributed by atoms with van der Waals surface area (Å²) in [4.78, 5) is 12.0. The Kier molecular flexibility index (Phi) is 2.11. The molecule has 1 aromatic carbocycles. The molecule has 1 aliphatic heterocycles. The Bertz CT molecular complexity index is 472.